The highest BCUT2D eigenvalue weighted by atomic mass is 16.5. The molecule has 5 rings (SSSR count). The van der Waals surface area contributed by atoms with Crippen molar-refractivity contribution in [3.05, 3.63) is 24.3 Å². The summed E-state index contributed by atoms with van der Waals surface area (Å²) in [6.07, 6.45) is 7.24. The van der Waals surface area contributed by atoms with Gasteiger partial charge in [-0.05, 0) is 56.7 Å². The molecule has 1 amide bonds. The lowest BCUT2D eigenvalue weighted by Crippen LogP contribution is -2.50. The average molecular weight is 356 g/mol. The number of carbonyl (C=O) groups is 1. The zero-order valence-corrected chi connectivity index (χ0v) is 14.9. The van der Waals surface area contributed by atoms with Crippen LogP contribution in [-0.4, -0.2) is 52.0 Å². The fourth-order valence-corrected chi connectivity index (χ4v) is 4.43. The van der Waals surface area contributed by atoms with E-state index in [4.69, 9.17) is 8.94 Å². The van der Waals surface area contributed by atoms with Gasteiger partial charge >= 0.3 is 0 Å². The number of amides is 1. The van der Waals surface area contributed by atoms with Crippen molar-refractivity contribution in [2.75, 3.05) is 26.2 Å². The maximum Gasteiger partial charge on any atom is 0.241 e. The van der Waals surface area contributed by atoms with E-state index in [0.29, 0.717) is 29.9 Å². The van der Waals surface area contributed by atoms with Crippen LogP contribution in [0, 0.1) is 11.3 Å². The van der Waals surface area contributed by atoms with Gasteiger partial charge in [-0.2, -0.15) is 4.98 Å². The van der Waals surface area contributed by atoms with Crippen molar-refractivity contribution in [2.24, 2.45) is 11.3 Å². The van der Waals surface area contributed by atoms with E-state index in [0.717, 1.165) is 51.4 Å². The summed E-state index contributed by atoms with van der Waals surface area (Å²) in [5.74, 6) is 2.79. The number of aromatic nitrogens is 2. The molecule has 2 aliphatic heterocycles. The van der Waals surface area contributed by atoms with E-state index in [1.165, 1.54) is 12.8 Å². The number of nitrogens with zero attached hydrogens (tertiary/aromatic N) is 4. The lowest BCUT2D eigenvalue weighted by atomic mass is 9.78. The lowest BCUT2D eigenvalue weighted by molar-refractivity contribution is -0.146. The number of rotatable bonds is 5. The molecule has 3 aliphatic rings. The van der Waals surface area contributed by atoms with Crippen LogP contribution < -0.4 is 0 Å². The lowest BCUT2D eigenvalue weighted by Gasteiger charge is -2.39. The Labute approximate surface area is 152 Å². The smallest absolute Gasteiger partial charge is 0.241 e. The predicted octanol–water partition coefficient (Wildman–Crippen LogP) is 2.55. The number of carbonyl (C=O) groups excluding carboxylic acids is 1. The Morgan fingerprint density at radius 3 is 3.00 bits per heavy atom. The van der Waals surface area contributed by atoms with Gasteiger partial charge in [-0.1, -0.05) is 5.16 Å². The Hall–Kier alpha value is -2.15. The summed E-state index contributed by atoms with van der Waals surface area (Å²) in [5, 5.41) is 3.99. The molecule has 26 heavy (non-hydrogen) atoms. The highest BCUT2D eigenvalue weighted by molar-refractivity contribution is 5.84. The molecule has 1 saturated carbocycles. The topological polar surface area (TPSA) is 75.6 Å². The first-order chi connectivity index (χ1) is 12.7. The van der Waals surface area contributed by atoms with Crippen molar-refractivity contribution in [1.29, 1.82) is 0 Å². The highest BCUT2D eigenvalue weighted by Crippen LogP contribution is 2.42. The van der Waals surface area contributed by atoms with Crippen LogP contribution in [0.4, 0.5) is 0 Å². The van der Waals surface area contributed by atoms with E-state index in [1.54, 1.807) is 12.3 Å². The van der Waals surface area contributed by atoms with Gasteiger partial charge in [0.25, 0.3) is 0 Å². The van der Waals surface area contributed by atoms with Crippen molar-refractivity contribution >= 4 is 5.91 Å². The second kappa shape index (κ2) is 6.23. The molecule has 0 unspecified atom stereocenters. The predicted molar refractivity (Wildman–Crippen MR) is 92.9 cm³/mol. The molecule has 2 saturated heterocycles. The SMILES string of the molecule is O=C1N(CC2CC2)CCC[C@]12CCN(Cc1nc(-c3ccco3)no1)C2. The number of hydrogen-bond acceptors (Lipinski definition) is 6. The molecule has 1 spiro atoms. The maximum atomic E-state index is 13.1. The number of hydrogen-bond donors (Lipinski definition) is 0. The molecular formula is C19H24N4O3. The zero-order chi connectivity index (χ0) is 17.6. The molecule has 0 aromatic carbocycles. The van der Waals surface area contributed by atoms with E-state index in [2.05, 4.69) is 19.9 Å². The molecule has 1 aliphatic carbocycles. The molecular weight excluding hydrogens is 332 g/mol. The Morgan fingerprint density at radius 1 is 1.27 bits per heavy atom. The minimum Gasteiger partial charge on any atom is -0.461 e. The Bertz CT molecular complexity index is 783. The van der Waals surface area contributed by atoms with Crippen molar-refractivity contribution in [2.45, 2.75) is 38.6 Å². The third-order valence-corrected chi connectivity index (χ3v) is 6.00. The largest absolute Gasteiger partial charge is 0.461 e. The summed E-state index contributed by atoms with van der Waals surface area (Å²) < 4.78 is 10.7. The van der Waals surface area contributed by atoms with Crippen molar-refractivity contribution < 1.29 is 13.7 Å². The highest BCUT2D eigenvalue weighted by Gasteiger charge is 2.49. The standard InChI is InChI=1S/C19H24N4O3/c24-18-19(6-2-8-23(18)11-14-4-5-14)7-9-22(13-19)12-16-20-17(21-26-16)15-3-1-10-25-15/h1,3,10,14H,2,4-9,11-13H2/t19-/m1/s1. The van der Waals surface area contributed by atoms with Crippen LogP contribution in [0.5, 0.6) is 0 Å². The van der Waals surface area contributed by atoms with E-state index in [-0.39, 0.29) is 5.41 Å². The molecule has 1 atom stereocenters. The van der Waals surface area contributed by atoms with Crippen LogP contribution in [0.3, 0.4) is 0 Å². The Balaban J connectivity index is 1.24. The van der Waals surface area contributed by atoms with Crippen LogP contribution in [0.2, 0.25) is 0 Å². The van der Waals surface area contributed by atoms with Crippen LogP contribution in [0.1, 0.15) is 38.0 Å². The Morgan fingerprint density at radius 2 is 2.19 bits per heavy atom. The van der Waals surface area contributed by atoms with Crippen LogP contribution in [0.25, 0.3) is 11.6 Å². The van der Waals surface area contributed by atoms with Gasteiger partial charge in [-0.3, -0.25) is 9.69 Å². The molecule has 0 N–H and O–H groups in total. The molecule has 0 radical (unpaired) electrons. The number of furan rings is 1. The van der Waals surface area contributed by atoms with E-state index in [9.17, 15) is 4.79 Å². The quantitative estimate of drug-likeness (QED) is 0.819. The zero-order valence-electron chi connectivity index (χ0n) is 14.9. The molecule has 2 aromatic rings. The normalized spacial score (nSPS) is 26.9. The summed E-state index contributed by atoms with van der Waals surface area (Å²) >= 11 is 0. The third kappa shape index (κ3) is 2.94. The van der Waals surface area contributed by atoms with Gasteiger partial charge in [-0.15, -0.1) is 0 Å². The first-order valence-electron chi connectivity index (χ1n) is 9.60. The molecule has 7 heteroatoms. The van der Waals surface area contributed by atoms with Gasteiger partial charge in [0.15, 0.2) is 5.76 Å². The van der Waals surface area contributed by atoms with Gasteiger partial charge in [0.2, 0.25) is 17.6 Å². The monoisotopic (exact) mass is 356 g/mol. The third-order valence-electron chi connectivity index (χ3n) is 6.00. The molecule has 4 heterocycles. The molecule has 138 valence electrons. The molecule has 2 aromatic heterocycles. The van der Waals surface area contributed by atoms with E-state index < -0.39 is 0 Å². The van der Waals surface area contributed by atoms with Gasteiger partial charge in [0.1, 0.15) is 0 Å². The Kier molecular flexibility index (Phi) is 3.85. The number of likely N-dealkylation sites (tertiary alicyclic amines) is 2. The fourth-order valence-electron chi connectivity index (χ4n) is 4.43. The minimum absolute atomic E-state index is 0.197. The molecule has 7 nitrogen and oxygen atoms in total. The van der Waals surface area contributed by atoms with Gasteiger partial charge in [-0.25, -0.2) is 0 Å². The van der Waals surface area contributed by atoms with E-state index in [1.807, 2.05) is 6.07 Å². The number of piperidine rings is 1. The first kappa shape index (κ1) is 16.1. The first-order valence-corrected chi connectivity index (χ1v) is 9.60. The summed E-state index contributed by atoms with van der Waals surface area (Å²) in [6.45, 7) is 4.20. The summed E-state index contributed by atoms with van der Waals surface area (Å²) in [4.78, 5) is 21.9. The van der Waals surface area contributed by atoms with Crippen LogP contribution in [-0.2, 0) is 11.3 Å². The fraction of sp³-hybridized carbons (Fsp3) is 0.632. The summed E-state index contributed by atoms with van der Waals surface area (Å²) in [6, 6.07) is 3.62. The molecule has 0 bridgehead atoms. The van der Waals surface area contributed by atoms with Crippen molar-refractivity contribution in [3.63, 3.8) is 0 Å². The average Bonchev–Trinajstić information content (AvgIpc) is 3.07. The van der Waals surface area contributed by atoms with Gasteiger partial charge in [0, 0.05) is 19.6 Å². The molecule has 3 fully saturated rings. The minimum atomic E-state index is -0.197. The van der Waals surface area contributed by atoms with Gasteiger partial charge in [0.05, 0.1) is 18.2 Å². The van der Waals surface area contributed by atoms with Crippen molar-refractivity contribution in [1.82, 2.24) is 19.9 Å². The van der Waals surface area contributed by atoms with Gasteiger partial charge < -0.3 is 13.8 Å². The maximum absolute atomic E-state index is 13.1. The van der Waals surface area contributed by atoms with Crippen LogP contribution in [0.15, 0.2) is 27.3 Å². The second-order valence-corrected chi connectivity index (χ2v) is 8.03. The summed E-state index contributed by atoms with van der Waals surface area (Å²) in [7, 11) is 0. The van der Waals surface area contributed by atoms with Crippen molar-refractivity contribution in [3.8, 4) is 11.6 Å². The second-order valence-electron chi connectivity index (χ2n) is 8.03. The summed E-state index contributed by atoms with van der Waals surface area (Å²) in [5.41, 5.74) is -0.197. The van der Waals surface area contributed by atoms with Crippen LogP contribution >= 0.6 is 0 Å². The van der Waals surface area contributed by atoms with E-state index >= 15 is 0 Å².